The lowest BCUT2D eigenvalue weighted by Gasteiger charge is -2.38. The van der Waals surface area contributed by atoms with Crippen molar-refractivity contribution in [2.45, 2.75) is 42.6 Å². The fraction of sp³-hybridized carbons (Fsp3) is 0.684. The van der Waals surface area contributed by atoms with E-state index in [9.17, 15) is 9.59 Å². The van der Waals surface area contributed by atoms with Gasteiger partial charge in [-0.25, -0.2) is 4.98 Å². The molecule has 3 fully saturated rings. The highest BCUT2D eigenvalue weighted by Crippen LogP contribution is 2.38. The fourth-order valence-corrected chi connectivity index (χ4v) is 5.79. The molecular formula is C19H26ClN5O2S. The maximum Gasteiger partial charge on any atom is 0.242 e. The molecule has 2 bridgehead atoms. The Labute approximate surface area is 174 Å². The van der Waals surface area contributed by atoms with Gasteiger partial charge in [0.25, 0.3) is 0 Å². The van der Waals surface area contributed by atoms with Gasteiger partial charge in [-0.15, -0.1) is 11.8 Å². The van der Waals surface area contributed by atoms with Crippen LogP contribution in [0.1, 0.15) is 32.1 Å². The smallest absolute Gasteiger partial charge is 0.242 e. The van der Waals surface area contributed by atoms with Crippen molar-refractivity contribution in [3.05, 3.63) is 17.5 Å². The molecule has 0 saturated carbocycles. The summed E-state index contributed by atoms with van der Waals surface area (Å²) in [5.41, 5.74) is 0. The summed E-state index contributed by atoms with van der Waals surface area (Å²) in [5.74, 6) is 0.919. The van der Waals surface area contributed by atoms with Crippen LogP contribution in [0.4, 0.5) is 5.82 Å². The standard InChI is InChI=1S/C19H26ClN5O2S/c20-16-12-21-13-17(22-16)24-10-8-23(9-11-24)6-1-2-7-25-18(26)14-4-3-5-15(28-14)19(25)27/h12-15H,1-11H2. The van der Waals surface area contributed by atoms with E-state index in [1.165, 1.54) is 0 Å². The third-order valence-electron chi connectivity index (χ3n) is 5.74. The van der Waals surface area contributed by atoms with Crippen LogP contribution in [0.3, 0.4) is 0 Å². The lowest BCUT2D eigenvalue weighted by molar-refractivity contribution is -0.146. The Balaban J connectivity index is 1.18. The number of imide groups is 1. The first-order chi connectivity index (χ1) is 13.6. The molecule has 0 aliphatic carbocycles. The Morgan fingerprint density at radius 1 is 1.00 bits per heavy atom. The molecule has 4 heterocycles. The van der Waals surface area contributed by atoms with Crippen LogP contribution in [0.25, 0.3) is 0 Å². The molecule has 4 rings (SSSR count). The Hall–Kier alpha value is -1.38. The number of halogens is 1. The molecule has 3 aliphatic rings. The second-order valence-corrected chi connectivity index (χ2v) is 9.41. The predicted molar refractivity (Wildman–Crippen MR) is 111 cm³/mol. The number of hydrogen-bond donors (Lipinski definition) is 0. The van der Waals surface area contributed by atoms with Crippen LogP contribution in [0, 0.1) is 0 Å². The van der Waals surface area contributed by atoms with Crippen molar-refractivity contribution in [2.75, 3.05) is 44.2 Å². The van der Waals surface area contributed by atoms with Gasteiger partial charge in [-0.2, -0.15) is 0 Å². The molecule has 1 aromatic rings. The first kappa shape index (κ1) is 19.9. The summed E-state index contributed by atoms with van der Waals surface area (Å²) in [7, 11) is 0. The molecule has 0 aromatic carbocycles. The number of piperazine rings is 1. The van der Waals surface area contributed by atoms with E-state index in [4.69, 9.17) is 11.6 Å². The topological polar surface area (TPSA) is 69.6 Å². The van der Waals surface area contributed by atoms with Crippen molar-refractivity contribution in [2.24, 2.45) is 0 Å². The van der Waals surface area contributed by atoms with Gasteiger partial charge in [-0.1, -0.05) is 18.0 Å². The van der Waals surface area contributed by atoms with Crippen molar-refractivity contribution < 1.29 is 9.59 Å². The van der Waals surface area contributed by atoms with Crippen LogP contribution < -0.4 is 4.90 Å². The largest absolute Gasteiger partial charge is 0.353 e. The van der Waals surface area contributed by atoms with Crippen LogP contribution >= 0.6 is 23.4 Å². The van der Waals surface area contributed by atoms with Gasteiger partial charge in [0, 0.05) is 32.7 Å². The number of thioether (sulfide) groups is 1. The van der Waals surface area contributed by atoms with Gasteiger partial charge in [0.2, 0.25) is 11.8 Å². The zero-order valence-electron chi connectivity index (χ0n) is 15.9. The average molecular weight is 424 g/mol. The highest BCUT2D eigenvalue weighted by molar-refractivity contribution is 8.02. The number of aromatic nitrogens is 2. The number of anilines is 1. The van der Waals surface area contributed by atoms with E-state index >= 15 is 0 Å². The summed E-state index contributed by atoms with van der Waals surface area (Å²) in [4.78, 5) is 39.6. The molecular weight excluding hydrogens is 398 g/mol. The molecule has 152 valence electrons. The number of unbranched alkanes of at least 4 members (excludes halogenated alkanes) is 1. The van der Waals surface area contributed by atoms with Crippen LogP contribution in [0.5, 0.6) is 0 Å². The third-order valence-corrected chi connectivity index (χ3v) is 7.45. The van der Waals surface area contributed by atoms with E-state index in [1.807, 2.05) is 0 Å². The van der Waals surface area contributed by atoms with Gasteiger partial charge in [0.15, 0.2) is 0 Å². The normalized spacial score (nSPS) is 26.0. The van der Waals surface area contributed by atoms with Crippen molar-refractivity contribution in [1.29, 1.82) is 0 Å². The highest BCUT2D eigenvalue weighted by atomic mass is 35.5. The van der Waals surface area contributed by atoms with Gasteiger partial charge in [-0.3, -0.25) is 24.4 Å². The Morgan fingerprint density at radius 2 is 1.68 bits per heavy atom. The molecule has 3 saturated heterocycles. The Bertz CT molecular complexity index is 706. The summed E-state index contributed by atoms with van der Waals surface area (Å²) in [6, 6.07) is 0. The minimum Gasteiger partial charge on any atom is -0.353 e. The molecule has 1 aromatic heterocycles. The Kier molecular flexibility index (Phi) is 6.38. The Morgan fingerprint density at radius 3 is 2.36 bits per heavy atom. The van der Waals surface area contributed by atoms with E-state index in [-0.39, 0.29) is 22.3 Å². The molecule has 28 heavy (non-hydrogen) atoms. The maximum atomic E-state index is 12.5. The van der Waals surface area contributed by atoms with E-state index in [2.05, 4.69) is 19.8 Å². The summed E-state index contributed by atoms with van der Waals surface area (Å²) < 4.78 is 0. The lowest BCUT2D eigenvalue weighted by atomic mass is 10.0. The maximum absolute atomic E-state index is 12.5. The van der Waals surface area contributed by atoms with Gasteiger partial charge in [0.05, 0.1) is 22.9 Å². The number of hydrogen-bond acceptors (Lipinski definition) is 7. The number of rotatable bonds is 6. The highest BCUT2D eigenvalue weighted by Gasteiger charge is 2.43. The lowest BCUT2D eigenvalue weighted by Crippen LogP contribution is -2.53. The SMILES string of the molecule is O=C1C2CCCC(S2)C(=O)N1CCCCN1CCN(c2cncc(Cl)n2)CC1. The fourth-order valence-electron chi connectivity index (χ4n) is 4.15. The molecule has 0 N–H and O–H groups in total. The van der Waals surface area contributed by atoms with Crippen molar-refractivity contribution >= 4 is 41.0 Å². The number of amides is 2. The summed E-state index contributed by atoms with van der Waals surface area (Å²) >= 11 is 7.51. The van der Waals surface area contributed by atoms with E-state index in [0.717, 1.165) is 70.6 Å². The second kappa shape index (κ2) is 8.97. The number of likely N-dealkylation sites (tertiary alicyclic amines) is 1. The van der Waals surface area contributed by atoms with Crippen molar-refractivity contribution in [3.63, 3.8) is 0 Å². The number of fused-ring (bicyclic) bond motifs is 2. The van der Waals surface area contributed by atoms with Gasteiger partial charge in [0.1, 0.15) is 11.0 Å². The summed E-state index contributed by atoms with van der Waals surface area (Å²) in [5, 5.41) is 0.447. The number of carbonyl (C=O) groups is 2. The monoisotopic (exact) mass is 423 g/mol. The third kappa shape index (κ3) is 4.44. The van der Waals surface area contributed by atoms with Crippen LogP contribution in [-0.4, -0.2) is 81.4 Å². The molecule has 2 unspecified atom stereocenters. The molecule has 0 radical (unpaired) electrons. The van der Waals surface area contributed by atoms with Gasteiger partial charge >= 0.3 is 0 Å². The zero-order chi connectivity index (χ0) is 19.5. The van der Waals surface area contributed by atoms with Gasteiger partial charge < -0.3 is 4.90 Å². The van der Waals surface area contributed by atoms with Crippen LogP contribution in [0.15, 0.2) is 12.4 Å². The molecule has 7 nitrogen and oxygen atoms in total. The van der Waals surface area contributed by atoms with E-state index < -0.39 is 0 Å². The number of carbonyl (C=O) groups excluding carboxylic acids is 2. The van der Waals surface area contributed by atoms with E-state index in [0.29, 0.717) is 11.7 Å². The minimum atomic E-state index is 0.0131. The first-order valence-corrected chi connectivity index (χ1v) is 11.4. The first-order valence-electron chi connectivity index (χ1n) is 10.1. The number of nitrogens with zero attached hydrogens (tertiary/aromatic N) is 5. The summed E-state index contributed by atoms with van der Waals surface area (Å²) in [6.07, 6.45) is 8.02. The van der Waals surface area contributed by atoms with Crippen LogP contribution in [-0.2, 0) is 9.59 Å². The summed E-state index contributed by atoms with van der Waals surface area (Å²) in [6.45, 7) is 5.31. The molecule has 0 spiro atoms. The van der Waals surface area contributed by atoms with E-state index in [1.54, 1.807) is 29.1 Å². The van der Waals surface area contributed by atoms with Crippen molar-refractivity contribution in [1.82, 2.24) is 19.8 Å². The molecule has 9 heteroatoms. The average Bonchev–Trinajstić information content (AvgIpc) is 2.73. The van der Waals surface area contributed by atoms with Crippen molar-refractivity contribution in [3.8, 4) is 0 Å². The second-order valence-electron chi connectivity index (χ2n) is 7.61. The molecule has 2 amide bonds. The minimum absolute atomic E-state index is 0.0131. The quantitative estimate of drug-likeness (QED) is 0.512. The predicted octanol–water partition coefficient (Wildman–Crippen LogP) is 2.06. The molecule has 2 atom stereocenters. The van der Waals surface area contributed by atoms with Gasteiger partial charge in [-0.05, 0) is 32.2 Å². The molecule has 3 aliphatic heterocycles. The van der Waals surface area contributed by atoms with Crippen LogP contribution in [0.2, 0.25) is 5.15 Å². The zero-order valence-corrected chi connectivity index (χ0v) is 17.5.